The molecule has 0 amide bonds. The molecule has 6 nitrogen and oxygen atoms in total. The first-order chi connectivity index (χ1) is 15.6. The van der Waals surface area contributed by atoms with Gasteiger partial charge in [-0.05, 0) is 42.5 Å². The fraction of sp³-hybridized carbons (Fsp3) is 0.190. The first-order valence-corrected chi connectivity index (χ1v) is 10.9. The molecule has 0 fully saturated rings. The number of benzene rings is 2. The molecule has 0 radical (unpaired) electrons. The summed E-state index contributed by atoms with van der Waals surface area (Å²) in [4.78, 5) is 3.45. The lowest BCUT2D eigenvalue weighted by Gasteiger charge is -2.31. The van der Waals surface area contributed by atoms with Gasteiger partial charge in [0.25, 0.3) is 10.0 Å². The maximum absolute atomic E-state index is 13.2. The Balaban J connectivity index is 1.75. The highest BCUT2D eigenvalue weighted by Crippen LogP contribution is 2.39. The molecule has 0 N–H and O–H groups in total. The van der Waals surface area contributed by atoms with E-state index in [9.17, 15) is 30.4 Å². The Labute approximate surface area is 185 Å². The second-order valence-electron chi connectivity index (χ2n) is 6.87. The van der Waals surface area contributed by atoms with Gasteiger partial charge in [-0.15, -0.1) is 0 Å². The van der Waals surface area contributed by atoms with Crippen molar-refractivity contribution in [1.82, 2.24) is 4.98 Å². The minimum atomic E-state index is -4.71. The Morgan fingerprint density at radius 1 is 1.03 bits per heavy atom. The molecule has 174 valence electrons. The molecule has 0 unspecified atom stereocenters. The summed E-state index contributed by atoms with van der Waals surface area (Å²) < 4.78 is 102. The van der Waals surface area contributed by atoms with Crippen molar-refractivity contribution in [3.63, 3.8) is 0 Å². The lowest BCUT2D eigenvalue weighted by atomic mass is 10.1. The van der Waals surface area contributed by atoms with Crippen LogP contribution in [0.1, 0.15) is 5.56 Å². The number of hydrogen-bond donors (Lipinski definition) is 0. The fourth-order valence-electron chi connectivity index (χ4n) is 3.29. The second-order valence-corrected chi connectivity index (χ2v) is 8.74. The topological polar surface area (TPSA) is 68.7 Å². The third-order valence-electron chi connectivity index (χ3n) is 4.76. The average molecular weight is 486 g/mol. The van der Waals surface area contributed by atoms with E-state index in [1.807, 2.05) is 0 Å². The standard InChI is InChI=1S/C21H15F5N2O4S/c22-20(23)32-19-6-2-5-16(27-19)13-7-8-18-17(11-13)28(9-10-31-18)33(29,30)15-4-1-3-14(12-15)21(24,25)26/h1-8,11-12,20H,9-10H2. The smallest absolute Gasteiger partial charge is 0.416 e. The molecule has 4 rings (SSSR count). The van der Waals surface area contributed by atoms with Crippen LogP contribution in [0.15, 0.2) is 65.6 Å². The minimum absolute atomic E-state index is 0.0134. The van der Waals surface area contributed by atoms with E-state index in [1.165, 1.54) is 30.3 Å². The molecule has 0 saturated heterocycles. The van der Waals surface area contributed by atoms with Gasteiger partial charge in [-0.3, -0.25) is 4.31 Å². The van der Waals surface area contributed by atoms with E-state index in [4.69, 9.17) is 4.74 Å². The van der Waals surface area contributed by atoms with E-state index < -0.39 is 33.3 Å². The molecule has 0 aliphatic carbocycles. The molecule has 0 atom stereocenters. The third-order valence-corrected chi connectivity index (χ3v) is 6.57. The Morgan fingerprint density at radius 3 is 2.52 bits per heavy atom. The molecular formula is C21H15F5N2O4S. The molecule has 1 aliphatic rings. The van der Waals surface area contributed by atoms with Crippen LogP contribution in [-0.2, 0) is 16.2 Å². The highest BCUT2D eigenvalue weighted by atomic mass is 32.2. The highest BCUT2D eigenvalue weighted by Gasteiger charge is 2.35. The van der Waals surface area contributed by atoms with Gasteiger partial charge in [0.05, 0.1) is 28.4 Å². The number of alkyl halides is 5. The molecule has 0 bridgehead atoms. The predicted octanol–water partition coefficient (Wildman–Crippen LogP) is 4.96. The Morgan fingerprint density at radius 2 is 1.79 bits per heavy atom. The van der Waals surface area contributed by atoms with Crippen molar-refractivity contribution in [2.45, 2.75) is 17.7 Å². The van der Waals surface area contributed by atoms with Gasteiger partial charge in [0.1, 0.15) is 12.4 Å². The average Bonchev–Trinajstić information content (AvgIpc) is 2.77. The molecule has 1 aromatic heterocycles. The van der Waals surface area contributed by atoms with Crippen LogP contribution < -0.4 is 13.8 Å². The van der Waals surface area contributed by atoms with Crippen molar-refractivity contribution in [3.05, 3.63) is 66.2 Å². The van der Waals surface area contributed by atoms with E-state index in [0.29, 0.717) is 11.6 Å². The lowest BCUT2D eigenvalue weighted by molar-refractivity contribution is -0.137. The van der Waals surface area contributed by atoms with Crippen molar-refractivity contribution in [3.8, 4) is 22.9 Å². The molecule has 2 aromatic carbocycles. The largest absolute Gasteiger partial charge is 0.489 e. The first-order valence-electron chi connectivity index (χ1n) is 9.45. The summed E-state index contributed by atoms with van der Waals surface area (Å²) in [6.07, 6.45) is -4.71. The van der Waals surface area contributed by atoms with E-state index >= 15 is 0 Å². The van der Waals surface area contributed by atoms with E-state index in [1.54, 1.807) is 6.07 Å². The molecule has 0 spiro atoms. The van der Waals surface area contributed by atoms with Gasteiger partial charge in [0.15, 0.2) is 0 Å². The van der Waals surface area contributed by atoms with Gasteiger partial charge < -0.3 is 9.47 Å². The van der Waals surface area contributed by atoms with Crippen LogP contribution in [0.5, 0.6) is 11.6 Å². The lowest BCUT2D eigenvalue weighted by Crippen LogP contribution is -2.38. The zero-order valence-corrected chi connectivity index (χ0v) is 17.4. The summed E-state index contributed by atoms with van der Waals surface area (Å²) in [5.41, 5.74) is -0.426. The number of halogens is 5. The second kappa shape index (κ2) is 8.50. The van der Waals surface area contributed by atoms with Crippen molar-refractivity contribution < 1.29 is 39.8 Å². The molecule has 1 aliphatic heterocycles. The van der Waals surface area contributed by atoms with Gasteiger partial charge in [-0.2, -0.15) is 22.0 Å². The van der Waals surface area contributed by atoms with Crippen molar-refractivity contribution >= 4 is 15.7 Å². The zero-order valence-electron chi connectivity index (χ0n) is 16.6. The minimum Gasteiger partial charge on any atom is -0.489 e. The van der Waals surface area contributed by atoms with Gasteiger partial charge >= 0.3 is 12.8 Å². The van der Waals surface area contributed by atoms with Crippen LogP contribution in [0.25, 0.3) is 11.3 Å². The molecule has 2 heterocycles. The van der Waals surface area contributed by atoms with Gasteiger partial charge in [-0.1, -0.05) is 12.1 Å². The Kier molecular flexibility index (Phi) is 5.87. The highest BCUT2D eigenvalue weighted by molar-refractivity contribution is 7.92. The van der Waals surface area contributed by atoms with Crippen LogP contribution >= 0.6 is 0 Å². The molecule has 33 heavy (non-hydrogen) atoms. The van der Waals surface area contributed by atoms with Crippen LogP contribution in [0.3, 0.4) is 0 Å². The van der Waals surface area contributed by atoms with Crippen LogP contribution in [0.4, 0.5) is 27.6 Å². The number of fused-ring (bicyclic) bond motifs is 1. The summed E-state index contributed by atoms with van der Waals surface area (Å²) in [6.45, 7) is -3.23. The molecular weight excluding hydrogens is 471 g/mol. The molecule has 12 heteroatoms. The number of pyridine rings is 1. The van der Waals surface area contributed by atoms with Crippen LogP contribution in [-0.4, -0.2) is 33.2 Å². The number of nitrogens with zero attached hydrogens (tertiary/aromatic N) is 2. The number of sulfonamides is 1. The monoisotopic (exact) mass is 486 g/mol. The number of rotatable bonds is 5. The Bertz CT molecular complexity index is 1280. The summed E-state index contributed by atoms with van der Waals surface area (Å²) >= 11 is 0. The predicted molar refractivity (Wildman–Crippen MR) is 108 cm³/mol. The van der Waals surface area contributed by atoms with Crippen molar-refractivity contribution in [2.24, 2.45) is 0 Å². The summed E-state index contributed by atoms with van der Waals surface area (Å²) in [6, 6.07) is 12.1. The van der Waals surface area contributed by atoms with E-state index in [-0.39, 0.29) is 36.2 Å². The maximum Gasteiger partial charge on any atom is 0.416 e. The van der Waals surface area contributed by atoms with Gasteiger partial charge in [0.2, 0.25) is 5.88 Å². The summed E-state index contributed by atoms with van der Waals surface area (Å²) in [5.74, 6) is -0.134. The quantitative estimate of drug-likeness (QED) is 0.477. The first kappa shape index (κ1) is 22.8. The van der Waals surface area contributed by atoms with Crippen LogP contribution in [0, 0.1) is 0 Å². The van der Waals surface area contributed by atoms with Gasteiger partial charge in [-0.25, -0.2) is 13.4 Å². The van der Waals surface area contributed by atoms with E-state index in [0.717, 1.165) is 22.5 Å². The number of hydrogen-bond acceptors (Lipinski definition) is 5. The van der Waals surface area contributed by atoms with Crippen LogP contribution in [0.2, 0.25) is 0 Å². The Hall–Kier alpha value is -3.41. The molecule has 3 aromatic rings. The van der Waals surface area contributed by atoms with E-state index in [2.05, 4.69) is 9.72 Å². The zero-order chi connectivity index (χ0) is 23.8. The fourth-order valence-corrected chi connectivity index (χ4v) is 4.79. The third kappa shape index (κ3) is 4.70. The normalized spacial score (nSPS) is 14.1. The summed E-state index contributed by atoms with van der Waals surface area (Å²) in [5, 5.41) is 0. The summed E-state index contributed by atoms with van der Waals surface area (Å²) in [7, 11) is -4.37. The van der Waals surface area contributed by atoms with Gasteiger partial charge in [0, 0.05) is 11.6 Å². The van der Waals surface area contributed by atoms with Crippen molar-refractivity contribution in [2.75, 3.05) is 17.5 Å². The number of anilines is 1. The number of aromatic nitrogens is 1. The maximum atomic E-state index is 13.2. The van der Waals surface area contributed by atoms with Crippen molar-refractivity contribution in [1.29, 1.82) is 0 Å². The number of ether oxygens (including phenoxy) is 2. The SMILES string of the molecule is O=S(=O)(c1cccc(C(F)(F)F)c1)N1CCOc2ccc(-c3cccc(OC(F)F)n3)cc21. The molecule has 0 saturated carbocycles.